The van der Waals surface area contributed by atoms with Crippen LogP contribution in [0, 0.1) is 19.7 Å². The summed E-state index contributed by atoms with van der Waals surface area (Å²) in [5.74, 6) is -1.32. The van der Waals surface area contributed by atoms with Crippen LogP contribution in [0.3, 0.4) is 0 Å². The SMILES string of the molecule is CCCCNC(=O)[C@@H](C)N(Cc1ccc(F)cc1)C(=O)CN(c1ccc(C)c(C)c1)S(=O)(=O)c1ccccc1. The molecule has 0 bridgehead atoms. The van der Waals surface area contributed by atoms with Crippen molar-refractivity contribution in [2.45, 2.75) is 58.0 Å². The Morgan fingerprint density at radius 1 is 0.949 bits per heavy atom. The van der Waals surface area contributed by atoms with Crippen LogP contribution in [0.5, 0.6) is 0 Å². The van der Waals surface area contributed by atoms with Crippen molar-refractivity contribution >= 4 is 27.5 Å². The van der Waals surface area contributed by atoms with Gasteiger partial charge in [-0.3, -0.25) is 13.9 Å². The highest BCUT2D eigenvalue weighted by molar-refractivity contribution is 7.92. The van der Waals surface area contributed by atoms with E-state index in [0.29, 0.717) is 17.8 Å². The second-order valence-electron chi connectivity index (χ2n) is 9.56. The summed E-state index contributed by atoms with van der Waals surface area (Å²) in [5.41, 5.74) is 2.82. The summed E-state index contributed by atoms with van der Waals surface area (Å²) in [4.78, 5) is 28.2. The Labute approximate surface area is 230 Å². The average molecular weight is 554 g/mol. The van der Waals surface area contributed by atoms with E-state index in [-0.39, 0.29) is 17.3 Å². The summed E-state index contributed by atoms with van der Waals surface area (Å²) in [6.45, 7) is 7.36. The quantitative estimate of drug-likeness (QED) is 0.321. The lowest BCUT2D eigenvalue weighted by atomic mass is 10.1. The lowest BCUT2D eigenvalue weighted by Gasteiger charge is -2.32. The van der Waals surface area contributed by atoms with E-state index in [1.54, 1.807) is 49.4 Å². The second-order valence-corrected chi connectivity index (χ2v) is 11.4. The van der Waals surface area contributed by atoms with Crippen LogP contribution in [0.25, 0.3) is 0 Å². The highest BCUT2D eigenvalue weighted by Gasteiger charge is 2.32. The minimum absolute atomic E-state index is 0.00757. The molecule has 0 aromatic heterocycles. The minimum Gasteiger partial charge on any atom is -0.354 e. The van der Waals surface area contributed by atoms with Gasteiger partial charge in [0.25, 0.3) is 10.0 Å². The molecule has 9 heteroatoms. The summed E-state index contributed by atoms with van der Waals surface area (Å²) in [7, 11) is -4.12. The van der Waals surface area contributed by atoms with Crippen LogP contribution in [0.15, 0.2) is 77.7 Å². The molecule has 0 saturated heterocycles. The zero-order valence-corrected chi connectivity index (χ0v) is 23.7. The van der Waals surface area contributed by atoms with Gasteiger partial charge >= 0.3 is 0 Å². The number of halogens is 1. The molecule has 3 rings (SSSR count). The van der Waals surface area contributed by atoms with Gasteiger partial charge in [0.05, 0.1) is 10.6 Å². The Morgan fingerprint density at radius 2 is 1.62 bits per heavy atom. The Hall–Kier alpha value is -3.72. The number of benzene rings is 3. The Balaban J connectivity index is 2.00. The Kier molecular flexibility index (Phi) is 10.2. The van der Waals surface area contributed by atoms with Crippen molar-refractivity contribution in [1.29, 1.82) is 0 Å². The molecule has 0 aliphatic rings. The zero-order chi connectivity index (χ0) is 28.6. The average Bonchev–Trinajstić information content (AvgIpc) is 2.93. The third kappa shape index (κ3) is 7.66. The summed E-state index contributed by atoms with van der Waals surface area (Å²) in [6, 6.07) is 17.9. The number of unbranched alkanes of at least 4 members (excludes halogenated alkanes) is 1. The van der Waals surface area contributed by atoms with Gasteiger partial charge in [-0.15, -0.1) is 0 Å². The van der Waals surface area contributed by atoms with E-state index >= 15 is 0 Å². The van der Waals surface area contributed by atoms with Crippen molar-refractivity contribution in [3.63, 3.8) is 0 Å². The first-order valence-electron chi connectivity index (χ1n) is 13.0. The van der Waals surface area contributed by atoms with Crippen molar-refractivity contribution in [1.82, 2.24) is 10.2 Å². The van der Waals surface area contributed by atoms with E-state index in [2.05, 4.69) is 5.32 Å². The number of aryl methyl sites for hydroxylation is 2. The molecule has 1 N–H and O–H groups in total. The molecule has 39 heavy (non-hydrogen) atoms. The summed E-state index contributed by atoms with van der Waals surface area (Å²) in [6.07, 6.45) is 1.69. The van der Waals surface area contributed by atoms with Crippen LogP contribution in [-0.4, -0.2) is 44.3 Å². The first kappa shape index (κ1) is 29.8. The first-order valence-corrected chi connectivity index (χ1v) is 14.4. The maximum atomic E-state index is 13.9. The number of nitrogens with one attached hydrogen (secondary N) is 1. The normalized spacial score (nSPS) is 12.0. The van der Waals surface area contributed by atoms with Gasteiger partial charge in [-0.1, -0.05) is 49.7 Å². The van der Waals surface area contributed by atoms with Crippen LogP contribution < -0.4 is 9.62 Å². The van der Waals surface area contributed by atoms with Crippen LogP contribution in [-0.2, 0) is 26.2 Å². The number of carbonyl (C=O) groups is 2. The number of carbonyl (C=O) groups excluding carboxylic acids is 2. The molecule has 0 unspecified atom stereocenters. The minimum atomic E-state index is -4.12. The topological polar surface area (TPSA) is 86.8 Å². The molecule has 3 aromatic carbocycles. The van der Waals surface area contributed by atoms with Gasteiger partial charge in [0.1, 0.15) is 18.4 Å². The van der Waals surface area contributed by atoms with E-state index in [4.69, 9.17) is 0 Å². The van der Waals surface area contributed by atoms with E-state index in [1.807, 2.05) is 26.8 Å². The molecule has 0 fully saturated rings. The van der Waals surface area contributed by atoms with Gasteiger partial charge in [-0.05, 0) is 80.3 Å². The number of hydrogen-bond donors (Lipinski definition) is 1. The molecule has 7 nitrogen and oxygen atoms in total. The van der Waals surface area contributed by atoms with Crippen molar-refractivity contribution in [2.24, 2.45) is 0 Å². The first-order chi connectivity index (χ1) is 18.5. The number of amides is 2. The predicted molar refractivity (Wildman–Crippen MR) is 151 cm³/mol. The van der Waals surface area contributed by atoms with Gasteiger partial charge in [-0.25, -0.2) is 12.8 Å². The smallest absolute Gasteiger partial charge is 0.264 e. The standard InChI is InChI=1S/C30H36FN3O4S/c1-5-6-18-32-30(36)24(4)33(20-25-13-15-26(31)16-14-25)29(35)21-34(27-17-12-22(2)23(3)19-27)39(37,38)28-10-8-7-9-11-28/h7-17,19,24H,5-6,18,20-21H2,1-4H3,(H,32,36)/t24-/m1/s1. The van der Waals surface area contributed by atoms with E-state index in [0.717, 1.165) is 28.3 Å². The number of rotatable bonds is 12. The molecular formula is C30H36FN3O4S. The number of sulfonamides is 1. The van der Waals surface area contributed by atoms with Crippen LogP contribution in [0.4, 0.5) is 10.1 Å². The van der Waals surface area contributed by atoms with Crippen molar-refractivity contribution in [3.8, 4) is 0 Å². The van der Waals surface area contributed by atoms with Gasteiger partial charge in [0, 0.05) is 13.1 Å². The molecule has 208 valence electrons. The van der Waals surface area contributed by atoms with Crippen molar-refractivity contribution in [3.05, 3.63) is 95.3 Å². The third-order valence-electron chi connectivity index (χ3n) is 6.65. The van der Waals surface area contributed by atoms with Crippen LogP contribution in [0.1, 0.15) is 43.4 Å². The molecule has 1 atom stereocenters. The molecule has 3 aromatic rings. The largest absolute Gasteiger partial charge is 0.354 e. The third-order valence-corrected chi connectivity index (χ3v) is 8.44. The predicted octanol–water partition coefficient (Wildman–Crippen LogP) is 4.97. The fourth-order valence-corrected chi connectivity index (χ4v) is 5.46. The van der Waals surface area contributed by atoms with Crippen molar-refractivity contribution in [2.75, 3.05) is 17.4 Å². The van der Waals surface area contributed by atoms with Crippen LogP contribution >= 0.6 is 0 Å². The molecule has 0 saturated carbocycles. The molecule has 2 amide bonds. The fraction of sp³-hybridized carbons (Fsp3) is 0.333. The molecule has 0 spiro atoms. The van der Waals surface area contributed by atoms with Gasteiger partial charge in [-0.2, -0.15) is 0 Å². The molecular weight excluding hydrogens is 517 g/mol. The summed E-state index contributed by atoms with van der Waals surface area (Å²) < 4.78 is 42.2. The van der Waals surface area contributed by atoms with E-state index in [9.17, 15) is 22.4 Å². The second kappa shape index (κ2) is 13.4. The lowest BCUT2D eigenvalue weighted by Crippen LogP contribution is -2.51. The maximum Gasteiger partial charge on any atom is 0.264 e. The highest BCUT2D eigenvalue weighted by Crippen LogP contribution is 2.26. The Morgan fingerprint density at radius 3 is 2.23 bits per heavy atom. The fourth-order valence-electron chi connectivity index (χ4n) is 4.03. The van der Waals surface area contributed by atoms with E-state index in [1.165, 1.54) is 29.2 Å². The highest BCUT2D eigenvalue weighted by atomic mass is 32.2. The van der Waals surface area contributed by atoms with Gasteiger partial charge in [0.2, 0.25) is 11.8 Å². The number of nitrogens with zero attached hydrogens (tertiary/aromatic N) is 2. The molecule has 0 heterocycles. The monoisotopic (exact) mass is 553 g/mol. The van der Waals surface area contributed by atoms with E-state index < -0.39 is 34.3 Å². The summed E-state index contributed by atoms with van der Waals surface area (Å²) >= 11 is 0. The maximum absolute atomic E-state index is 13.9. The molecule has 0 aliphatic heterocycles. The van der Waals surface area contributed by atoms with Crippen molar-refractivity contribution < 1.29 is 22.4 Å². The molecule has 0 aliphatic carbocycles. The number of hydrogen-bond acceptors (Lipinski definition) is 4. The van der Waals surface area contributed by atoms with Gasteiger partial charge in [0.15, 0.2) is 0 Å². The Bertz CT molecular complexity index is 1380. The molecule has 0 radical (unpaired) electrons. The summed E-state index contributed by atoms with van der Waals surface area (Å²) in [5, 5.41) is 2.84. The van der Waals surface area contributed by atoms with Crippen LogP contribution in [0.2, 0.25) is 0 Å². The van der Waals surface area contributed by atoms with Gasteiger partial charge < -0.3 is 10.2 Å². The lowest BCUT2D eigenvalue weighted by molar-refractivity contribution is -0.139. The zero-order valence-electron chi connectivity index (χ0n) is 22.9. The number of anilines is 1.